The van der Waals surface area contributed by atoms with E-state index in [0.717, 1.165) is 15.9 Å². The van der Waals surface area contributed by atoms with E-state index in [2.05, 4.69) is 11.9 Å². The van der Waals surface area contributed by atoms with Gasteiger partial charge in [-0.25, -0.2) is 12.8 Å². The number of halogens is 1. The summed E-state index contributed by atoms with van der Waals surface area (Å²) in [6.07, 6.45) is 1.35. The number of para-hydroxylation sites is 1. The van der Waals surface area contributed by atoms with Gasteiger partial charge in [-0.05, 0) is 30.7 Å². The zero-order chi connectivity index (χ0) is 18.4. The third-order valence-electron chi connectivity index (χ3n) is 3.53. The molecule has 0 aliphatic rings. The summed E-state index contributed by atoms with van der Waals surface area (Å²) in [6, 6.07) is 12.2. The number of anilines is 1. The van der Waals surface area contributed by atoms with Gasteiger partial charge < -0.3 is 5.32 Å². The second kappa shape index (κ2) is 8.04. The van der Waals surface area contributed by atoms with E-state index in [4.69, 9.17) is 0 Å². The lowest BCUT2D eigenvalue weighted by molar-refractivity contribution is -0.116. The highest BCUT2D eigenvalue weighted by atomic mass is 32.2. The Hall–Kier alpha value is -2.51. The third kappa shape index (κ3) is 4.52. The Balaban J connectivity index is 2.23. The van der Waals surface area contributed by atoms with Crippen molar-refractivity contribution in [2.24, 2.45) is 0 Å². The van der Waals surface area contributed by atoms with Gasteiger partial charge in [-0.1, -0.05) is 36.4 Å². The number of benzene rings is 2. The molecule has 0 aliphatic carbocycles. The molecule has 0 spiro atoms. The molecular formula is C18H19FN2O3S. The van der Waals surface area contributed by atoms with E-state index < -0.39 is 33.2 Å². The number of rotatable bonds is 7. The van der Waals surface area contributed by atoms with Gasteiger partial charge in [0.15, 0.2) is 0 Å². The number of carbonyl (C=O) groups is 1. The smallest absolute Gasteiger partial charge is 0.246 e. The maximum Gasteiger partial charge on any atom is 0.246 e. The van der Waals surface area contributed by atoms with Crippen LogP contribution < -0.4 is 5.32 Å². The van der Waals surface area contributed by atoms with Crippen molar-refractivity contribution < 1.29 is 17.6 Å². The van der Waals surface area contributed by atoms with Gasteiger partial charge in [0.25, 0.3) is 0 Å². The van der Waals surface area contributed by atoms with Crippen LogP contribution in [0.1, 0.15) is 5.56 Å². The van der Waals surface area contributed by atoms with Crippen LogP contribution in [0.5, 0.6) is 0 Å². The second-order valence-electron chi connectivity index (χ2n) is 5.38. The summed E-state index contributed by atoms with van der Waals surface area (Å²) in [4.78, 5) is 11.8. The van der Waals surface area contributed by atoms with Gasteiger partial charge in [0, 0.05) is 12.2 Å². The lowest BCUT2D eigenvalue weighted by atomic mass is 10.2. The Labute approximate surface area is 146 Å². The molecule has 0 heterocycles. The zero-order valence-corrected chi connectivity index (χ0v) is 14.6. The predicted octanol–water partition coefficient (Wildman–Crippen LogP) is 2.95. The van der Waals surface area contributed by atoms with Gasteiger partial charge in [0.1, 0.15) is 10.7 Å². The molecule has 2 rings (SSSR count). The van der Waals surface area contributed by atoms with Crippen molar-refractivity contribution in [3.63, 3.8) is 0 Å². The molecule has 0 atom stereocenters. The summed E-state index contributed by atoms with van der Waals surface area (Å²) in [6.45, 7) is 4.77. The Morgan fingerprint density at radius 3 is 2.48 bits per heavy atom. The van der Waals surface area contributed by atoms with Gasteiger partial charge >= 0.3 is 0 Å². The number of aryl methyl sites for hydroxylation is 1. The minimum absolute atomic E-state index is 0.113. The SMILES string of the molecule is C=CCN(CC(=O)Nc1ccccc1C)S(=O)(=O)c1ccccc1F. The van der Waals surface area contributed by atoms with Crippen molar-refractivity contribution in [2.75, 3.05) is 18.4 Å². The van der Waals surface area contributed by atoms with E-state index in [1.54, 1.807) is 12.1 Å². The van der Waals surface area contributed by atoms with Gasteiger partial charge in [-0.15, -0.1) is 6.58 Å². The molecule has 0 bridgehead atoms. The first-order valence-corrected chi connectivity index (χ1v) is 9.01. The maximum atomic E-state index is 13.9. The van der Waals surface area contributed by atoms with Crippen LogP contribution in [0.25, 0.3) is 0 Å². The first-order chi connectivity index (χ1) is 11.9. The van der Waals surface area contributed by atoms with Crippen molar-refractivity contribution in [3.8, 4) is 0 Å². The number of hydrogen-bond donors (Lipinski definition) is 1. The highest BCUT2D eigenvalue weighted by molar-refractivity contribution is 7.89. The van der Waals surface area contributed by atoms with E-state index in [9.17, 15) is 17.6 Å². The predicted molar refractivity (Wildman–Crippen MR) is 95.2 cm³/mol. The largest absolute Gasteiger partial charge is 0.325 e. The van der Waals surface area contributed by atoms with E-state index in [1.165, 1.54) is 24.3 Å². The van der Waals surface area contributed by atoms with Crippen molar-refractivity contribution in [3.05, 3.63) is 72.6 Å². The molecular weight excluding hydrogens is 343 g/mol. The molecule has 7 heteroatoms. The number of nitrogens with one attached hydrogen (secondary N) is 1. The molecule has 1 amide bonds. The highest BCUT2D eigenvalue weighted by Gasteiger charge is 2.28. The average molecular weight is 362 g/mol. The molecule has 0 saturated heterocycles. The van der Waals surface area contributed by atoms with Crippen molar-refractivity contribution in [1.29, 1.82) is 0 Å². The maximum absolute atomic E-state index is 13.9. The Kier molecular flexibility index (Phi) is 6.06. The molecule has 0 saturated carbocycles. The van der Waals surface area contributed by atoms with Gasteiger partial charge in [0.05, 0.1) is 6.54 Å². The zero-order valence-electron chi connectivity index (χ0n) is 13.8. The van der Waals surface area contributed by atoms with E-state index in [0.29, 0.717) is 5.69 Å². The number of sulfonamides is 1. The van der Waals surface area contributed by atoms with Crippen molar-refractivity contribution >= 4 is 21.6 Å². The molecule has 0 radical (unpaired) electrons. The molecule has 5 nitrogen and oxygen atoms in total. The molecule has 132 valence electrons. The fourth-order valence-electron chi connectivity index (χ4n) is 2.25. The normalized spacial score (nSPS) is 11.3. The van der Waals surface area contributed by atoms with Crippen LogP contribution in [0.4, 0.5) is 10.1 Å². The Bertz CT molecular complexity index is 881. The number of nitrogens with zero attached hydrogens (tertiary/aromatic N) is 1. The standard InChI is InChI=1S/C18H19FN2O3S/c1-3-12-21(25(23,24)17-11-7-5-9-15(17)19)13-18(22)20-16-10-6-4-8-14(16)2/h3-11H,1,12-13H2,2H3,(H,20,22). The topological polar surface area (TPSA) is 66.5 Å². The summed E-state index contributed by atoms with van der Waals surface area (Å²) >= 11 is 0. The monoisotopic (exact) mass is 362 g/mol. The van der Waals surface area contributed by atoms with E-state index in [1.807, 2.05) is 19.1 Å². The fraction of sp³-hybridized carbons (Fsp3) is 0.167. The van der Waals surface area contributed by atoms with Crippen LogP contribution in [0.2, 0.25) is 0 Å². The average Bonchev–Trinajstić information content (AvgIpc) is 2.57. The van der Waals surface area contributed by atoms with Crippen LogP contribution in [0, 0.1) is 12.7 Å². The summed E-state index contributed by atoms with van der Waals surface area (Å²) in [5, 5.41) is 2.66. The van der Waals surface area contributed by atoms with Crippen LogP contribution in [-0.2, 0) is 14.8 Å². The Morgan fingerprint density at radius 1 is 1.20 bits per heavy atom. The lowest BCUT2D eigenvalue weighted by Crippen LogP contribution is -2.38. The van der Waals surface area contributed by atoms with Crippen molar-refractivity contribution in [2.45, 2.75) is 11.8 Å². The third-order valence-corrected chi connectivity index (χ3v) is 5.37. The minimum Gasteiger partial charge on any atom is -0.325 e. The molecule has 2 aromatic carbocycles. The quantitative estimate of drug-likeness (QED) is 0.770. The molecule has 25 heavy (non-hydrogen) atoms. The van der Waals surface area contributed by atoms with E-state index >= 15 is 0 Å². The van der Waals surface area contributed by atoms with Crippen LogP contribution in [0.3, 0.4) is 0 Å². The molecule has 0 unspecified atom stereocenters. The first kappa shape index (κ1) is 18.8. The van der Waals surface area contributed by atoms with E-state index in [-0.39, 0.29) is 6.54 Å². The summed E-state index contributed by atoms with van der Waals surface area (Å²) in [7, 11) is -4.17. The first-order valence-electron chi connectivity index (χ1n) is 7.57. The van der Waals surface area contributed by atoms with Gasteiger partial charge in [-0.3, -0.25) is 4.79 Å². The number of carbonyl (C=O) groups excluding carboxylic acids is 1. The fourth-order valence-corrected chi connectivity index (χ4v) is 3.68. The van der Waals surface area contributed by atoms with Crippen LogP contribution in [0.15, 0.2) is 66.1 Å². The van der Waals surface area contributed by atoms with Crippen LogP contribution in [-0.4, -0.2) is 31.7 Å². The molecule has 0 aliphatic heterocycles. The molecule has 1 N–H and O–H groups in total. The highest BCUT2D eigenvalue weighted by Crippen LogP contribution is 2.19. The summed E-state index contributed by atoms with van der Waals surface area (Å²) in [5.41, 5.74) is 1.44. The number of amides is 1. The Morgan fingerprint density at radius 2 is 1.84 bits per heavy atom. The lowest BCUT2D eigenvalue weighted by Gasteiger charge is -2.20. The van der Waals surface area contributed by atoms with Gasteiger partial charge in [0.2, 0.25) is 15.9 Å². The summed E-state index contributed by atoms with van der Waals surface area (Å²) < 4.78 is 40.1. The van der Waals surface area contributed by atoms with Gasteiger partial charge in [-0.2, -0.15) is 4.31 Å². The van der Waals surface area contributed by atoms with Crippen molar-refractivity contribution in [1.82, 2.24) is 4.31 Å². The molecule has 0 fully saturated rings. The summed E-state index contributed by atoms with van der Waals surface area (Å²) in [5.74, 6) is -1.38. The molecule has 0 aromatic heterocycles. The molecule has 2 aromatic rings. The van der Waals surface area contributed by atoms with Crippen LogP contribution >= 0.6 is 0 Å². The second-order valence-corrected chi connectivity index (χ2v) is 7.29. The number of hydrogen-bond acceptors (Lipinski definition) is 3. The minimum atomic E-state index is -4.17.